The van der Waals surface area contributed by atoms with Crippen molar-refractivity contribution in [1.82, 2.24) is 14.2 Å². The minimum Gasteiger partial charge on any atom is -0.362 e. The molecule has 11 heteroatoms. The van der Waals surface area contributed by atoms with E-state index < -0.39 is 15.6 Å². The van der Waals surface area contributed by atoms with Gasteiger partial charge in [0.25, 0.3) is 10.0 Å². The Labute approximate surface area is 196 Å². The molecule has 0 spiro atoms. The van der Waals surface area contributed by atoms with E-state index in [1.165, 1.54) is 16.9 Å². The highest BCUT2D eigenvalue weighted by Crippen LogP contribution is 2.23. The van der Waals surface area contributed by atoms with Gasteiger partial charge in [0, 0.05) is 24.6 Å². The molecule has 4 rings (SSSR count). The molecule has 3 aromatic rings. The second-order valence-corrected chi connectivity index (χ2v) is 10.7. The molecule has 172 valence electrons. The molecule has 0 bridgehead atoms. The molecular formula is C22H24N6O3S2. The fraction of sp³-hybridized carbons (Fsp3) is 0.318. The monoisotopic (exact) mass is 484 g/mol. The van der Waals surface area contributed by atoms with E-state index in [0.29, 0.717) is 24.4 Å². The highest BCUT2D eigenvalue weighted by atomic mass is 32.2. The van der Waals surface area contributed by atoms with Crippen molar-refractivity contribution in [3.8, 4) is 6.19 Å². The van der Waals surface area contributed by atoms with Crippen LogP contribution >= 0.6 is 11.8 Å². The van der Waals surface area contributed by atoms with Crippen molar-refractivity contribution in [2.45, 2.75) is 20.8 Å². The number of hydrogen-bond acceptors (Lipinski definition) is 7. The maximum atomic E-state index is 12.8. The highest BCUT2D eigenvalue weighted by molar-refractivity contribution is 7.99. The van der Waals surface area contributed by atoms with Gasteiger partial charge < -0.3 is 4.90 Å². The smallest absolute Gasteiger partial charge is 0.306 e. The van der Waals surface area contributed by atoms with E-state index in [1.54, 1.807) is 17.8 Å². The SMILES string of the molecule is Cc1cc(C)c(C=CS(=O)(=O)Nc2cnc3c(N4CCSCC4)c(=O)n(C#N)n3c2)c(C)c1. The summed E-state index contributed by atoms with van der Waals surface area (Å²) in [7, 11) is -3.86. The second kappa shape index (κ2) is 8.96. The summed E-state index contributed by atoms with van der Waals surface area (Å²) < 4.78 is 30.0. The van der Waals surface area contributed by atoms with Crippen LogP contribution in [0, 0.1) is 32.2 Å². The Morgan fingerprint density at radius 3 is 2.48 bits per heavy atom. The zero-order valence-corrected chi connectivity index (χ0v) is 20.2. The van der Waals surface area contributed by atoms with Gasteiger partial charge in [-0.25, -0.2) is 17.9 Å². The number of hydrogen-bond donors (Lipinski definition) is 1. The third kappa shape index (κ3) is 4.62. The maximum absolute atomic E-state index is 12.8. The number of aromatic nitrogens is 3. The molecule has 0 unspecified atom stereocenters. The lowest BCUT2D eigenvalue weighted by Gasteiger charge is -2.26. The van der Waals surface area contributed by atoms with Crippen molar-refractivity contribution in [3.05, 3.63) is 62.5 Å². The largest absolute Gasteiger partial charge is 0.362 e. The Bertz CT molecular complexity index is 1430. The number of nitrogens with one attached hydrogen (secondary N) is 1. The molecule has 0 atom stereocenters. The molecule has 3 heterocycles. The first-order valence-corrected chi connectivity index (χ1v) is 13.1. The first kappa shape index (κ1) is 22.9. The first-order valence-electron chi connectivity index (χ1n) is 10.3. The van der Waals surface area contributed by atoms with Crippen LogP contribution in [0.1, 0.15) is 22.3 Å². The summed E-state index contributed by atoms with van der Waals surface area (Å²) in [6.45, 7) is 7.23. The van der Waals surface area contributed by atoms with Gasteiger partial charge in [0.15, 0.2) is 11.3 Å². The molecule has 0 radical (unpaired) electrons. The molecule has 1 aliphatic heterocycles. The Balaban J connectivity index is 1.67. The van der Waals surface area contributed by atoms with Crippen molar-refractivity contribution in [1.29, 1.82) is 5.26 Å². The van der Waals surface area contributed by atoms with Crippen LogP contribution in [0.5, 0.6) is 0 Å². The third-order valence-corrected chi connectivity index (χ3v) is 7.42. The molecular weight excluding hydrogens is 460 g/mol. The minimum absolute atomic E-state index is 0.143. The lowest BCUT2D eigenvalue weighted by molar-refractivity contribution is 0.609. The van der Waals surface area contributed by atoms with Gasteiger partial charge in [0.05, 0.1) is 23.5 Å². The van der Waals surface area contributed by atoms with Gasteiger partial charge in [-0.15, -0.1) is 4.68 Å². The highest BCUT2D eigenvalue weighted by Gasteiger charge is 2.23. The van der Waals surface area contributed by atoms with Crippen molar-refractivity contribution >= 4 is 44.9 Å². The average Bonchev–Trinajstić information content (AvgIpc) is 3.03. The van der Waals surface area contributed by atoms with Crippen LogP contribution in [0.25, 0.3) is 11.7 Å². The number of benzene rings is 1. The van der Waals surface area contributed by atoms with Crippen LogP contribution in [0.2, 0.25) is 0 Å². The van der Waals surface area contributed by atoms with Gasteiger partial charge in [-0.1, -0.05) is 17.7 Å². The van der Waals surface area contributed by atoms with E-state index in [-0.39, 0.29) is 5.69 Å². The van der Waals surface area contributed by atoms with E-state index in [4.69, 9.17) is 0 Å². The Kier molecular flexibility index (Phi) is 6.23. The second-order valence-electron chi connectivity index (χ2n) is 7.94. The fourth-order valence-corrected chi connectivity index (χ4v) is 5.77. The molecule has 9 nitrogen and oxygen atoms in total. The number of rotatable bonds is 5. The number of fused-ring (bicyclic) bond motifs is 1. The van der Waals surface area contributed by atoms with Gasteiger partial charge in [0.1, 0.15) is 0 Å². The van der Waals surface area contributed by atoms with E-state index in [9.17, 15) is 18.5 Å². The Hall–Kier alpha value is -3.23. The van der Waals surface area contributed by atoms with Gasteiger partial charge in [-0.05, 0) is 43.5 Å². The van der Waals surface area contributed by atoms with Crippen molar-refractivity contribution in [2.24, 2.45) is 0 Å². The number of aryl methyl sites for hydroxylation is 3. The van der Waals surface area contributed by atoms with Gasteiger partial charge in [0.2, 0.25) is 6.19 Å². The van der Waals surface area contributed by atoms with E-state index in [1.807, 2.05) is 44.0 Å². The standard InChI is InChI=1S/C22H24N6O3S2/c1-15-10-16(2)19(17(3)11-15)4-9-33(30,31)25-18-12-24-21-20(26-5-7-32-8-6-26)22(29)28(14-23)27(21)13-18/h4,9-13,25H,5-8H2,1-3H3. The lowest BCUT2D eigenvalue weighted by Crippen LogP contribution is -2.35. The van der Waals surface area contributed by atoms with Crippen LogP contribution in [-0.2, 0) is 10.0 Å². The van der Waals surface area contributed by atoms with E-state index in [2.05, 4.69) is 9.71 Å². The molecule has 2 aromatic heterocycles. The van der Waals surface area contributed by atoms with Crippen LogP contribution < -0.4 is 15.2 Å². The summed E-state index contributed by atoms with van der Waals surface area (Å²) in [5.74, 6) is 1.76. The number of nitriles is 1. The quantitative estimate of drug-likeness (QED) is 0.592. The molecule has 1 aliphatic rings. The van der Waals surface area contributed by atoms with E-state index in [0.717, 1.165) is 43.8 Å². The van der Waals surface area contributed by atoms with Gasteiger partial charge in [-0.2, -0.15) is 17.0 Å². The summed E-state index contributed by atoms with van der Waals surface area (Å²) in [5, 5.41) is 10.6. The Morgan fingerprint density at radius 2 is 1.85 bits per heavy atom. The van der Waals surface area contributed by atoms with Gasteiger partial charge in [-0.3, -0.25) is 9.52 Å². The molecule has 33 heavy (non-hydrogen) atoms. The molecule has 0 aliphatic carbocycles. The molecule has 1 saturated heterocycles. The summed E-state index contributed by atoms with van der Waals surface area (Å²) in [5.41, 5.74) is 4.26. The maximum Gasteiger partial charge on any atom is 0.306 e. The predicted octanol–water partition coefficient (Wildman–Crippen LogP) is 2.72. The van der Waals surface area contributed by atoms with Crippen LogP contribution in [0.3, 0.4) is 0 Å². The number of thioether (sulfide) groups is 1. The summed E-state index contributed by atoms with van der Waals surface area (Å²) >= 11 is 1.81. The van der Waals surface area contributed by atoms with Crippen molar-refractivity contribution < 1.29 is 8.42 Å². The summed E-state index contributed by atoms with van der Waals surface area (Å²) in [4.78, 5) is 19.1. The lowest BCUT2D eigenvalue weighted by atomic mass is 10.0. The first-order chi connectivity index (χ1) is 15.7. The zero-order valence-electron chi connectivity index (χ0n) is 18.6. The van der Waals surface area contributed by atoms with Crippen LogP contribution in [-0.4, -0.2) is 47.2 Å². The minimum atomic E-state index is -3.86. The van der Waals surface area contributed by atoms with Crippen molar-refractivity contribution in [2.75, 3.05) is 34.2 Å². The molecule has 1 aromatic carbocycles. The zero-order chi connectivity index (χ0) is 23.8. The van der Waals surface area contributed by atoms with E-state index >= 15 is 0 Å². The summed E-state index contributed by atoms with van der Waals surface area (Å²) in [6, 6.07) is 3.99. The van der Waals surface area contributed by atoms with Crippen LogP contribution in [0.4, 0.5) is 11.4 Å². The van der Waals surface area contributed by atoms with Crippen LogP contribution in [0.15, 0.2) is 34.7 Å². The number of nitrogens with zero attached hydrogens (tertiary/aromatic N) is 5. The average molecular weight is 485 g/mol. The van der Waals surface area contributed by atoms with Gasteiger partial charge >= 0.3 is 5.56 Å². The molecule has 1 N–H and O–H groups in total. The topological polar surface area (TPSA) is 112 Å². The normalized spacial score (nSPS) is 14.7. The molecule has 0 amide bonds. The third-order valence-electron chi connectivity index (χ3n) is 5.46. The number of sulfonamides is 1. The summed E-state index contributed by atoms with van der Waals surface area (Å²) in [6.07, 6.45) is 6.16. The number of anilines is 2. The van der Waals surface area contributed by atoms with Crippen molar-refractivity contribution in [3.63, 3.8) is 0 Å². The molecule has 0 saturated carbocycles. The fourth-order valence-electron chi connectivity index (χ4n) is 4.05. The predicted molar refractivity (Wildman–Crippen MR) is 132 cm³/mol. The Morgan fingerprint density at radius 1 is 1.18 bits per heavy atom. The molecule has 1 fully saturated rings.